The van der Waals surface area contributed by atoms with Crippen LogP contribution in [0.4, 0.5) is 70.2 Å². The van der Waals surface area contributed by atoms with Gasteiger partial charge in [0.15, 0.2) is 46.6 Å². The Balaban J connectivity index is 0.000000189. The average Bonchev–Trinajstić information content (AvgIpc) is 1.60. The third-order valence-corrected chi connectivity index (χ3v) is 23.4. The van der Waals surface area contributed by atoms with E-state index in [-0.39, 0.29) is 114 Å². The van der Waals surface area contributed by atoms with E-state index in [2.05, 4.69) is 103 Å². The summed E-state index contributed by atoms with van der Waals surface area (Å²) in [6.07, 6.45) is 10.9. The Morgan fingerprint density at radius 1 is 0.357 bits per heavy atom. The maximum absolute atomic E-state index is 15.6. The van der Waals surface area contributed by atoms with Crippen molar-refractivity contribution < 1.29 is 114 Å². The minimum Gasteiger partial charge on any atom is -0.485 e. The number of aryl methyl sites for hydroxylation is 5. The molecule has 1 fully saturated rings. The molecule has 45 heteroatoms. The highest BCUT2D eigenvalue weighted by atomic mass is 79.9. The van der Waals surface area contributed by atoms with Gasteiger partial charge >= 0.3 is 7.12 Å². The van der Waals surface area contributed by atoms with Crippen molar-refractivity contribution in [2.75, 3.05) is 0 Å². The average molecular weight is 2250 g/mol. The normalized spacial score (nSPS) is 12.3. The first-order chi connectivity index (χ1) is 65.5. The van der Waals surface area contributed by atoms with Gasteiger partial charge in [-0.2, -0.15) is 0 Å². The maximum Gasteiger partial charge on any atom is 0.495 e. The van der Waals surface area contributed by atoms with Gasteiger partial charge in [0.1, 0.15) is 172 Å². The fourth-order valence-corrected chi connectivity index (χ4v) is 13.8. The first-order valence-electron chi connectivity index (χ1n) is 40.6. The van der Waals surface area contributed by atoms with E-state index in [9.17, 15) is 76.1 Å². The van der Waals surface area contributed by atoms with Crippen LogP contribution in [-0.2, 0) is 53.5 Å². The largest absolute Gasteiger partial charge is 0.495 e. The van der Waals surface area contributed by atoms with Gasteiger partial charge in [0.25, 0.3) is 0 Å². The van der Waals surface area contributed by atoms with E-state index in [1.54, 1.807) is 98.2 Å². The number of hydrogen-bond acceptors (Lipinski definition) is 20. The molecule has 0 aliphatic carbocycles. The molecule has 0 amide bonds. The van der Waals surface area contributed by atoms with E-state index in [4.69, 9.17) is 91.4 Å². The molecule has 1 aliphatic heterocycles. The number of nitrogens with zero attached hydrogens (tertiary/aromatic N) is 11. The Morgan fingerprint density at radius 3 is 1.08 bits per heavy atom. The zero-order chi connectivity index (χ0) is 104. The zero-order valence-corrected chi connectivity index (χ0v) is 83.9. The van der Waals surface area contributed by atoms with Gasteiger partial charge in [0, 0.05) is 69.6 Å². The van der Waals surface area contributed by atoms with Crippen LogP contribution in [0.5, 0.6) is 23.0 Å². The summed E-state index contributed by atoms with van der Waals surface area (Å²) in [6, 6.07) is 21.1. The van der Waals surface area contributed by atoms with Crippen molar-refractivity contribution in [1.29, 1.82) is 0 Å². The van der Waals surface area contributed by atoms with Crippen molar-refractivity contribution in [3.05, 3.63) is 358 Å². The summed E-state index contributed by atoms with van der Waals surface area (Å²) in [6.45, 7) is 21.7. The van der Waals surface area contributed by atoms with Crippen molar-refractivity contribution in [3.63, 3.8) is 0 Å². The molecule has 5 aromatic carbocycles. The molecule has 738 valence electrons. The highest BCUT2D eigenvalue weighted by Crippen LogP contribution is 2.43. The Kier molecular flexibility index (Phi) is 39.6. The minimum atomic E-state index is -1.25. The second kappa shape index (κ2) is 49.2. The number of benzene rings is 5. The van der Waals surface area contributed by atoms with Crippen LogP contribution in [-0.4, -0.2) is 88.5 Å². The molecule has 9 aromatic heterocycles. The maximum atomic E-state index is 15.6. The fourth-order valence-electron chi connectivity index (χ4n) is 11.7. The van der Waals surface area contributed by atoms with Crippen LogP contribution in [0.1, 0.15) is 123 Å². The number of hydrogen-bond donors (Lipinski definition) is 3. The Bertz CT molecular complexity index is 6700. The molecule has 0 atom stereocenters. The van der Waals surface area contributed by atoms with Crippen molar-refractivity contribution in [2.24, 2.45) is 0 Å². The van der Waals surface area contributed by atoms with E-state index in [0.29, 0.717) is 95.7 Å². The summed E-state index contributed by atoms with van der Waals surface area (Å²) in [4.78, 5) is 43.6. The quantitative estimate of drug-likeness (QED) is 0.0294. The summed E-state index contributed by atoms with van der Waals surface area (Å²) in [5.41, 5.74) is 3.63. The molecular weight excluding hydrogens is 2170 g/mol. The van der Waals surface area contributed by atoms with Crippen LogP contribution in [0.2, 0.25) is 25.1 Å². The number of aliphatic hydroxyl groups excluding tert-OH is 1. The molecular formula is C95H78BBr3Cl5F16N11O9. The molecule has 0 bridgehead atoms. The second-order valence-corrected chi connectivity index (χ2v) is 36.6. The molecule has 1 saturated heterocycles. The fraction of sp³-hybridized carbons (Fsp3) is 0.232. The third kappa shape index (κ3) is 30.6. The third-order valence-electron chi connectivity index (χ3n) is 19.7. The molecule has 20 nitrogen and oxygen atoms in total. The SMILES string of the molecule is Cc1cc(F)c(Cl)c(OCc2ncc(F)cc2F)c1.Cc1cc(OCc2ncc(F)cc2F)c(Cl)c(F)c1Br.Cc1cnc(-c2ccnc(C(C)(C)O)n2)cc1-c1c(C)cc(OCc2ncc(F)cc2F)c(Cl)c1F.Cc1cnc(-c2ccnc(C(C)(C)O)n2)cc1B1OC(C)(C)C(C)(C)O1.Fc1cc(Br)cc(F)c1Cl.Fc1cnc(COc2cc(Br)cc(F)c2Cl)c(F)c1.OCc1ncc(F)cc1F. The molecule has 0 unspecified atom stereocenters. The molecule has 3 N–H and O–H groups in total. The lowest BCUT2D eigenvalue weighted by atomic mass is 9.76. The van der Waals surface area contributed by atoms with Gasteiger partial charge in [0.05, 0.1) is 76.0 Å². The van der Waals surface area contributed by atoms with Gasteiger partial charge in [-0.1, -0.05) is 89.9 Å². The van der Waals surface area contributed by atoms with Crippen LogP contribution >= 0.6 is 106 Å². The molecule has 10 heterocycles. The molecule has 14 aromatic rings. The summed E-state index contributed by atoms with van der Waals surface area (Å²) in [5.74, 6) is -11.5. The van der Waals surface area contributed by atoms with Crippen molar-refractivity contribution in [3.8, 4) is 56.9 Å². The summed E-state index contributed by atoms with van der Waals surface area (Å²) in [7, 11) is -0.461. The van der Waals surface area contributed by atoms with Crippen LogP contribution in [0, 0.1) is 128 Å². The Hall–Kier alpha value is -10.9. The molecule has 140 heavy (non-hydrogen) atoms. The predicted octanol–water partition coefficient (Wildman–Crippen LogP) is 26.0. The van der Waals surface area contributed by atoms with Gasteiger partial charge in [-0.15, -0.1) is 0 Å². The molecule has 15 rings (SSSR count). The first-order valence-corrected chi connectivity index (χ1v) is 44.9. The Morgan fingerprint density at radius 2 is 0.693 bits per heavy atom. The lowest BCUT2D eigenvalue weighted by Crippen LogP contribution is -2.41. The van der Waals surface area contributed by atoms with Gasteiger partial charge in [-0.3, -0.25) is 34.9 Å². The summed E-state index contributed by atoms with van der Waals surface area (Å²) in [5, 5.41) is 27.4. The number of aliphatic hydroxyl groups is 3. The number of ether oxygens (including phenoxy) is 4. The second-order valence-electron chi connectivity index (χ2n) is 32.0. The van der Waals surface area contributed by atoms with Gasteiger partial charge in [0.2, 0.25) is 0 Å². The molecule has 0 spiro atoms. The predicted molar refractivity (Wildman–Crippen MR) is 504 cm³/mol. The lowest BCUT2D eigenvalue weighted by molar-refractivity contribution is 0.00578. The number of rotatable bonds is 19. The standard InChI is InChI=1S/C26H22ClF3N4O2.C19H26BN3O3.C13H8BrClF3NO.C13H9ClF3NO.C12H6BrClF3NO.C6H2BrClF2.C6H5F2NO/c1-13-7-21(36-12-20-17(29)8-15(28)11-33-20)23(27)24(30)22(13)16-9-19(32-10-14(16)2)18-5-6-31-25(34-18)26(3,4)35;1-12-11-22-15(14-8-9-21-16(23-14)17(2,3)24)10-13(12)20-25-18(4,5)19(6,7)26-20;1-6-2-10(12(15)13(18)11(6)14)20-5-9-8(17)3-7(16)4-19-9;1-7-2-10(17)13(14)12(3-7)19-6-11-9(16)4-8(15)5-18-11;13-6-1-9(17)12(14)11(2-6)19-5-10-8(16)3-7(15)4-18-10;7-3-1-4(9)6(8)5(10)2-3;7-4-1-5(8)6(3-10)9-2-4/h5-11,35H,12H2,1-4H3;8-11,24H,1-7H3;2-4H,5H2,1H3;2-5H,6H2,1H3;1-4H,5H2;1-2H;1-2,10H,3H2. The van der Waals surface area contributed by atoms with Crippen LogP contribution in [0.3, 0.4) is 0 Å². The van der Waals surface area contributed by atoms with Gasteiger partial charge in [-0.25, -0.2) is 90.2 Å². The highest BCUT2D eigenvalue weighted by molar-refractivity contribution is 9.11. The van der Waals surface area contributed by atoms with Crippen LogP contribution in [0.25, 0.3) is 33.9 Å². The smallest absolute Gasteiger partial charge is 0.485 e. The van der Waals surface area contributed by atoms with Crippen molar-refractivity contribution in [2.45, 2.75) is 145 Å². The lowest BCUT2D eigenvalue weighted by Gasteiger charge is -2.32. The molecule has 0 radical (unpaired) electrons. The number of aromatic nitrogens is 11. The molecule has 0 saturated carbocycles. The number of halogens is 24. The van der Waals surface area contributed by atoms with E-state index in [1.165, 1.54) is 36.5 Å². The van der Waals surface area contributed by atoms with Crippen molar-refractivity contribution >= 4 is 118 Å². The van der Waals surface area contributed by atoms with E-state index in [0.717, 1.165) is 54.1 Å². The van der Waals surface area contributed by atoms with Crippen LogP contribution < -0.4 is 24.4 Å². The van der Waals surface area contributed by atoms with E-state index < -0.39 is 134 Å². The summed E-state index contributed by atoms with van der Waals surface area (Å²) < 4.78 is 245. The topological polar surface area (TPSA) is 258 Å². The van der Waals surface area contributed by atoms with Gasteiger partial charge in [-0.05, 0) is 218 Å². The van der Waals surface area contributed by atoms with E-state index in [1.807, 2.05) is 40.7 Å². The molecule has 1 aliphatic rings. The zero-order valence-electron chi connectivity index (χ0n) is 75.4. The van der Waals surface area contributed by atoms with Gasteiger partial charge < -0.3 is 43.6 Å². The Labute approximate surface area is 841 Å². The number of pyridine rings is 7. The first kappa shape index (κ1) is 113. The van der Waals surface area contributed by atoms with E-state index >= 15 is 4.39 Å². The highest BCUT2D eigenvalue weighted by Gasteiger charge is 2.52. The minimum absolute atomic E-state index is 0.00139. The summed E-state index contributed by atoms with van der Waals surface area (Å²) >= 11 is 37.7. The van der Waals surface area contributed by atoms with Crippen molar-refractivity contribution in [1.82, 2.24) is 54.8 Å². The monoisotopic (exact) mass is 2240 g/mol. The van der Waals surface area contributed by atoms with Crippen LogP contribution in [0.15, 0.2) is 172 Å².